The van der Waals surface area contributed by atoms with E-state index in [-0.39, 0.29) is 12.5 Å². The lowest BCUT2D eigenvalue weighted by Crippen LogP contribution is -2.30. The van der Waals surface area contributed by atoms with Crippen molar-refractivity contribution in [2.45, 2.75) is 13.5 Å². The normalized spacial score (nSPS) is 11.0. The minimum absolute atomic E-state index is 0.0904. The van der Waals surface area contributed by atoms with Gasteiger partial charge in [0, 0.05) is 20.7 Å². The molecule has 1 N–H and O–H groups in total. The van der Waals surface area contributed by atoms with E-state index in [0.29, 0.717) is 23.2 Å². The minimum atomic E-state index is -0.0904. The molecule has 0 saturated heterocycles. The number of benzene rings is 2. The molecule has 0 saturated carbocycles. The number of oxazole rings is 1. The predicted molar refractivity (Wildman–Crippen MR) is 111 cm³/mol. The van der Waals surface area contributed by atoms with Gasteiger partial charge < -0.3 is 9.73 Å². The molecule has 140 valence electrons. The maximum atomic E-state index is 12.3. The largest absolute Gasteiger partial charge is 0.439 e. The number of aryl methyl sites for hydroxylation is 1. The third-order valence-corrected chi connectivity index (χ3v) is 4.71. The van der Waals surface area contributed by atoms with Crippen LogP contribution < -0.4 is 5.32 Å². The quantitative estimate of drug-likeness (QED) is 0.567. The molecule has 0 bridgehead atoms. The lowest BCUT2D eigenvalue weighted by molar-refractivity contribution is -0.117. The lowest BCUT2D eigenvalue weighted by Gasteiger charge is -2.15. The second kappa shape index (κ2) is 8.69. The van der Waals surface area contributed by atoms with E-state index in [9.17, 15) is 4.79 Å². The summed E-state index contributed by atoms with van der Waals surface area (Å²) in [6.45, 7) is 2.61. The summed E-state index contributed by atoms with van der Waals surface area (Å²) in [7, 11) is 1.85. The van der Waals surface area contributed by atoms with E-state index in [1.807, 2.05) is 49.2 Å². The van der Waals surface area contributed by atoms with Gasteiger partial charge in [-0.3, -0.25) is 9.69 Å². The molecule has 27 heavy (non-hydrogen) atoms. The summed E-state index contributed by atoms with van der Waals surface area (Å²) in [6.07, 6.45) is 1.68. The van der Waals surface area contributed by atoms with Crippen LogP contribution in [0.4, 0.5) is 5.69 Å². The molecule has 0 radical (unpaired) electrons. The molecule has 5 nitrogen and oxygen atoms in total. The van der Waals surface area contributed by atoms with Crippen LogP contribution in [0.2, 0.25) is 5.02 Å². The van der Waals surface area contributed by atoms with E-state index in [1.165, 1.54) is 0 Å². The van der Waals surface area contributed by atoms with Crippen molar-refractivity contribution in [3.63, 3.8) is 0 Å². The van der Waals surface area contributed by atoms with E-state index < -0.39 is 0 Å². The van der Waals surface area contributed by atoms with Gasteiger partial charge in [0.25, 0.3) is 0 Å². The van der Waals surface area contributed by atoms with Gasteiger partial charge in [0.05, 0.1) is 19.3 Å². The Morgan fingerprint density at radius 2 is 2.00 bits per heavy atom. The van der Waals surface area contributed by atoms with Gasteiger partial charge in [-0.05, 0) is 62.0 Å². The van der Waals surface area contributed by atoms with Crippen molar-refractivity contribution < 1.29 is 9.21 Å². The van der Waals surface area contributed by atoms with E-state index in [1.54, 1.807) is 18.3 Å². The number of carbonyl (C=O) groups is 1. The monoisotopic (exact) mass is 447 g/mol. The molecule has 0 unspecified atom stereocenters. The zero-order valence-corrected chi connectivity index (χ0v) is 17.3. The molecule has 1 amide bonds. The van der Waals surface area contributed by atoms with Crippen LogP contribution in [0.3, 0.4) is 0 Å². The van der Waals surface area contributed by atoms with Crippen LogP contribution in [0.1, 0.15) is 11.5 Å². The number of aromatic nitrogens is 1. The van der Waals surface area contributed by atoms with Crippen LogP contribution in [0.25, 0.3) is 11.3 Å². The second-order valence-electron chi connectivity index (χ2n) is 6.30. The van der Waals surface area contributed by atoms with Crippen molar-refractivity contribution in [2.75, 3.05) is 18.9 Å². The summed E-state index contributed by atoms with van der Waals surface area (Å²) in [5.41, 5.74) is 2.71. The number of hydrogen-bond donors (Lipinski definition) is 1. The SMILES string of the molecule is Cc1cc(Br)ccc1NC(=O)CN(C)Cc1ncc(-c2ccc(Cl)cc2)o1. The Balaban J connectivity index is 1.56. The summed E-state index contributed by atoms with van der Waals surface area (Å²) in [5.74, 6) is 1.13. The minimum Gasteiger partial charge on any atom is -0.439 e. The number of nitrogens with zero attached hydrogens (tertiary/aromatic N) is 2. The van der Waals surface area contributed by atoms with E-state index in [2.05, 4.69) is 26.2 Å². The first-order valence-corrected chi connectivity index (χ1v) is 9.53. The number of likely N-dealkylation sites (N-methyl/N-ethyl adjacent to an activating group) is 1. The van der Waals surface area contributed by atoms with Crippen molar-refractivity contribution >= 4 is 39.1 Å². The first-order valence-electron chi connectivity index (χ1n) is 8.36. The number of rotatable bonds is 6. The van der Waals surface area contributed by atoms with Gasteiger partial charge in [-0.15, -0.1) is 0 Å². The van der Waals surface area contributed by atoms with Gasteiger partial charge in [-0.25, -0.2) is 4.98 Å². The van der Waals surface area contributed by atoms with E-state index in [4.69, 9.17) is 16.0 Å². The van der Waals surface area contributed by atoms with Gasteiger partial charge in [-0.1, -0.05) is 27.5 Å². The maximum Gasteiger partial charge on any atom is 0.238 e. The maximum absolute atomic E-state index is 12.3. The number of hydrogen-bond acceptors (Lipinski definition) is 4. The summed E-state index contributed by atoms with van der Waals surface area (Å²) in [5, 5.41) is 3.60. The van der Waals surface area contributed by atoms with Crippen molar-refractivity contribution in [3.05, 3.63) is 69.6 Å². The molecule has 7 heteroatoms. The fourth-order valence-corrected chi connectivity index (χ4v) is 3.22. The molecule has 1 aromatic heterocycles. The second-order valence-corrected chi connectivity index (χ2v) is 7.66. The number of anilines is 1. The smallest absolute Gasteiger partial charge is 0.238 e. The summed E-state index contributed by atoms with van der Waals surface area (Å²) in [4.78, 5) is 18.4. The fourth-order valence-electron chi connectivity index (χ4n) is 2.62. The van der Waals surface area contributed by atoms with Crippen molar-refractivity contribution in [1.82, 2.24) is 9.88 Å². The van der Waals surface area contributed by atoms with Gasteiger partial charge in [-0.2, -0.15) is 0 Å². The fraction of sp³-hybridized carbons (Fsp3) is 0.200. The standard InChI is InChI=1S/C20H19BrClN3O2/c1-13-9-15(21)5-8-17(13)24-19(26)11-25(2)12-20-23-10-18(27-20)14-3-6-16(22)7-4-14/h3-10H,11-12H2,1-2H3,(H,24,26). The Morgan fingerprint density at radius 1 is 1.26 bits per heavy atom. The van der Waals surface area contributed by atoms with Crippen molar-refractivity contribution in [3.8, 4) is 11.3 Å². The first kappa shape index (κ1) is 19.6. The molecule has 0 atom stereocenters. The number of amides is 1. The Labute approximate surface area is 171 Å². The van der Waals surface area contributed by atoms with Crippen LogP contribution in [0.15, 0.2) is 57.6 Å². The highest BCUT2D eigenvalue weighted by atomic mass is 79.9. The third-order valence-electron chi connectivity index (χ3n) is 3.96. The zero-order chi connectivity index (χ0) is 19.4. The predicted octanol–water partition coefficient (Wildman–Crippen LogP) is 5.14. The number of nitrogens with one attached hydrogen (secondary N) is 1. The van der Waals surface area contributed by atoms with E-state index in [0.717, 1.165) is 21.3 Å². The van der Waals surface area contributed by atoms with Gasteiger partial charge >= 0.3 is 0 Å². The molecule has 2 aromatic carbocycles. The van der Waals surface area contributed by atoms with Gasteiger partial charge in [0.15, 0.2) is 5.76 Å². The molecule has 0 fully saturated rings. The molecule has 0 aliphatic carbocycles. The third kappa shape index (κ3) is 5.42. The Kier molecular flexibility index (Phi) is 6.31. The Bertz CT molecular complexity index is 941. The lowest BCUT2D eigenvalue weighted by atomic mass is 10.2. The van der Waals surface area contributed by atoms with Crippen molar-refractivity contribution in [1.29, 1.82) is 0 Å². The van der Waals surface area contributed by atoms with Gasteiger partial charge in [0.1, 0.15) is 0 Å². The summed E-state index contributed by atoms with van der Waals surface area (Å²) < 4.78 is 6.76. The molecule has 0 spiro atoms. The highest BCUT2D eigenvalue weighted by Crippen LogP contribution is 2.23. The molecule has 0 aliphatic heterocycles. The Morgan fingerprint density at radius 3 is 2.70 bits per heavy atom. The highest BCUT2D eigenvalue weighted by molar-refractivity contribution is 9.10. The molecule has 3 aromatic rings. The first-order chi connectivity index (χ1) is 12.9. The molecule has 1 heterocycles. The van der Waals surface area contributed by atoms with Crippen LogP contribution in [-0.2, 0) is 11.3 Å². The van der Waals surface area contributed by atoms with Crippen LogP contribution in [0, 0.1) is 6.92 Å². The van der Waals surface area contributed by atoms with Gasteiger partial charge in [0.2, 0.25) is 11.8 Å². The summed E-state index contributed by atoms with van der Waals surface area (Å²) in [6, 6.07) is 13.1. The van der Waals surface area contributed by atoms with E-state index >= 15 is 0 Å². The number of halogens is 2. The Hall–Kier alpha value is -2.15. The average molecular weight is 449 g/mol. The van der Waals surface area contributed by atoms with Crippen LogP contribution >= 0.6 is 27.5 Å². The average Bonchev–Trinajstić information content (AvgIpc) is 3.06. The molecule has 3 rings (SSSR count). The van der Waals surface area contributed by atoms with Crippen LogP contribution in [0.5, 0.6) is 0 Å². The highest BCUT2D eigenvalue weighted by Gasteiger charge is 2.12. The van der Waals surface area contributed by atoms with Crippen LogP contribution in [-0.4, -0.2) is 29.4 Å². The molecular weight excluding hydrogens is 430 g/mol. The summed E-state index contributed by atoms with van der Waals surface area (Å²) >= 11 is 9.32. The molecular formula is C20H19BrClN3O2. The van der Waals surface area contributed by atoms with Crippen molar-refractivity contribution in [2.24, 2.45) is 0 Å². The zero-order valence-electron chi connectivity index (χ0n) is 15.0. The number of carbonyl (C=O) groups excluding carboxylic acids is 1. The molecule has 0 aliphatic rings. The topological polar surface area (TPSA) is 58.4 Å².